The molecule has 198 valence electrons. The number of carbonyl (C=O) groups is 1. The molecule has 11 nitrogen and oxygen atoms in total. The van der Waals surface area contributed by atoms with Crippen LogP contribution in [0.2, 0.25) is 0 Å². The normalized spacial score (nSPS) is 13.9. The first-order chi connectivity index (χ1) is 18.7. The Morgan fingerprint density at radius 2 is 1.77 bits per heavy atom. The fourth-order valence-corrected chi connectivity index (χ4v) is 4.43. The molecule has 5 rings (SSSR count). The van der Waals surface area contributed by atoms with Crippen LogP contribution in [0.3, 0.4) is 0 Å². The number of hydrogen-bond donors (Lipinski definition) is 3. The van der Waals surface area contributed by atoms with Crippen LogP contribution in [0.5, 0.6) is 5.88 Å². The fourth-order valence-electron chi connectivity index (χ4n) is 3.91. The van der Waals surface area contributed by atoms with Gasteiger partial charge < -0.3 is 15.4 Å². The van der Waals surface area contributed by atoms with E-state index in [-0.39, 0.29) is 10.8 Å². The smallest absolute Gasteiger partial charge is 0.252 e. The Hall–Kier alpha value is -4.60. The van der Waals surface area contributed by atoms with Gasteiger partial charge in [0.2, 0.25) is 21.9 Å². The summed E-state index contributed by atoms with van der Waals surface area (Å²) in [6.07, 6.45) is 1.34. The molecule has 4 N–H and O–H groups in total. The quantitative estimate of drug-likeness (QED) is 0.286. The molecule has 2 heterocycles. The van der Waals surface area contributed by atoms with Gasteiger partial charge in [-0.2, -0.15) is 10.2 Å². The summed E-state index contributed by atoms with van der Waals surface area (Å²) in [5.74, 6) is 0.371. The third-order valence-corrected chi connectivity index (χ3v) is 7.18. The maximum atomic E-state index is 12.5. The second kappa shape index (κ2) is 10.3. The van der Waals surface area contributed by atoms with Gasteiger partial charge >= 0.3 is 0 Å². The van der Waals surface area contributed by atoms with Gasteiger partial charge in [-0.15, -0.1) is 0 Å². The van der Waals surface area contributed by atoms with Crippen molar-refractivity contribution < 1.29 is 17.9 Å². The van der Waals surface area contributed by atoms with Crippen molar-refractivity contribution in [3.05, 3.63) is 71.8 Å². The lowest BCUT2D eigenvalue weighted by Gasteiger charge is -2.12. The maximum absolute atomic E-state index is 12.5. The van der Waals surface area contributed by atoms with Crippen LogP contribution in [-0.2, 0) is 16.6 Å². The second-order valence-corrected chi connectivity index (χ2v) is 10.7. The first kappa shape index (κ1) is 26.0. The van der Waals surface area contributed by atoms with Gasteiger partial charge in [-0.1, -0.05) is 24.3 Å². The number of benzene rings is 2. The van der Waals surface area contributed by atoms with Crippen molar-refractivity contribution in [1.82, 2.24) is 20.3 Å². The number of rotatable bonds is 9. The molecule has 0 aliphatic heterocycles. The highest BCUT2D eigenvalue weighted by Crippen LogP contribution is 2.34. The molecule has 1 saturated carbocycles. The van der Waals surface area contributed by atoms with Crippen molar-refractivity contribution in [3.63, 3.8) is 0 Å². The number of fused-ring (bicyclic) bond motifs is 1. The van der Waals surface area contributed by atoms with Gasteiger partial charge in [0, 0.05) is 17.7 Å². The molecule has 2 aromatic heterocycles. The number of anilines is 1. The van der Waals surface area contributed by atoms with E-state index in [2.05, 4.69) is 26.7 Å². The molecule has 1 amide bonds. The topological polar surface area (TPSA) is 173 Å². The van der Waals surface area contributed by atoms with E-state index in [0.717, 1.165) is 11.1 Å². The average Bonchev–Trinajstić information content (AvgIpc) is 3.71. The molecule has 39 heavy (non-hydrogen) atoms. The summed E-state index contributed by atoms with van der Waals surface area (Å²) in [6.45, 7) is 2.57. The maximum Gasteiger partial charge on any atom is 0.252 e. The van der Waals surface area contributed by atoms with Crippen LogP contribution in [0.15, 0.2) is 65.6 Å². The number of nitrogens with two attached hydrogens (primary N) is 1. The second-order valence-electron chi connectivity index (χ2n) is 9.12. The fraction of sp³-hybridized carbons (Fsp3) is 0.222. The lowest BCUT2D eigenvalue weighted by atomic mass is 10.1. The Morgan fingerprint density at radius 3 is 2.38 bits per heavy atom. The monoisotopic (exact) mass is 543 g/mol. The van der Waals surface area contributed by atoms with Crippen molar-refractivity contribution in [2.24, 2.45) is 5.14 Å². The zero-order valence-electron chi connectivity index (χ0n) is 21.0. The molecule has 12 heteroatoms. The number of nitriles is 1. The predicted molar refractivity (Wildman–Crippen MR) is 144 cm³/mol. The molecule has 1 fully saturated rings. The molecular formula is C27H25N7O4S. The number of ether oxygens (including phenoxy) is 1. The predicted octanol–water partition coefficient (Wildman–Crippen LogP) is 3.14. The van der Waals surface area contributed by atoms with E-state index in [0.29, 0.717) is 60.1 Å². The minimum Gasteiger partial charge on any atom is -0.476 e. The Balaban J connectivity index is 1.35. The first-order valence-electron chi connectivity index (χ1n) is 12.2. The van der Waals surface area contributed by atoms with Crippen LogP contribution in [0.4, 0.5) is 5.95 Å². The number of primary sulfonamides is 1. The van der Waals surface area contributed by atoms with Crippen LogP contribution >= 0.6 is 0 Å². The van der Waals surface area contributed by atoms with E-state index < -0.39 is 15.6 Å². The molecule has 1 aliphatic carbocycles. The minimum atomic E-state index is -3.76. The molecule has 4 aromatic rings. The van der Waals surface area contributed by atoms with Gasteiger partial charge in [0.05, 0.1) is 28.8 Å². The molecular weight excluding hydrogens is 518 g/mol. The number of pyridine rings is 1. The van der Waals surface area contributed by atoms with Gasteiger partial charge in [0.15, 0.2) is 5.52 Å². The molecule has 0 unspecified atom stereocenters. The van der Waals surface area contributed by atoms with Gasteiger partial charge in [-0.25, -0.2) is 23.5 Å². The van der Waals surface area contributed by atoms with Crippen LogP contribution in [0, 0.1) is 11.3 Å². The van der Waals surface area contributed by atoms with E-state index in [1.807, 2.05) is 19.1 Å². The SMILES string of the molecule is CCOc1nc(NCc2ccc(S(N)(=O)=O)cc2)nc2ccc(-c3ccc(C(=O)NC4(C#N)CC4)cc3)nc12. The Bertz CT molecular complexity index is 1700. The molecule has 0 spiro atoms. The summed E-state index contributed by atoms with van der Waals surface area (Å²) in [4.78, 5) is 26.3. The third kappa shape index (κ3) is 5.79. The van der Waals surface area contributed by atoms with Crippen LogP contribution < -0.4 is 20.5 Å². The Kier molecular flexibility index (Phi) is 6.86. The van der Waals surface area contributed by atoms with Gasteiger partial charge in [0.25, 0.3) is 5.91 Å². The summed E-state index contributed by atoms with van der Waals surface area (Å²) in [5.41, 5.74) is 3.07. The molecule has 2 aromatic carbocycles. The third-order valence-electron chi connectivity index (χ3n) is 6.25. The number of nitrogens with zero attached hydrogens (tertiary/aromatic N) is 4. The highest BCUT2D eigenvalue weighted by Gasteiger charge is 2.44. The standard InChI is InChI=1S/C27H25N7O4S/c1-2-38-25-23-22(32-26(33-25)30-15-17-3-9-20(10-4-17)39(29,36)37)12-11-21(31-23)18-5-7-19(8-6-18)24(35)34-27(16-28)13-14-27/h3-12H,2,13-15H2,1H3,(H,34,35)(H2,29,36,37)(H,30,32,33). The van der Waals surface area contributed by atoms with E-state index in [1.165, 1.54) is 12.1 Å². The number of amides is 1. The summed E-state index contributed by atoms with van der Waals surface area (Å²) < 4.78 is 28.7. The van der Waals surface area contributed by atoms with Gasteiger partial charge in [0.1, 0.15) is 5.54 Å². The van der Waals surface area contributed by atoms with Crippen LogP contribution in [-0.4, -0.2) is 41.4 Å². The molecule has 0 radical (unpaired) electrons. The van der Waals surface area contributed by atoms with E-state index in [4.69, 9.17) is 14.9 Å². The van der Waals surface area contributed by atoms with Crippen molar-refractivity contribution >= 4 is 32.9 Å². The molecule has 0 saturated heterocycles. The van der Waals surface area contributed by atoms with Crippen LogP contribution in [0.1, 0.15) is 35.7 Å². The average molecular weight is 544 g/mol. The minimum absolute atomic E-state index is 0.0391. The first-order valence-corrected chi connectivity index (χ1v) is 13.8. The Morgan fingerprint density at radius 1 is 1.05 bits per heavy atom. The molecule has 0 bridgehead atoms. The Labute approximate surface area is 225 Å². The van der Waals surface area contributed by atoms with E-state index in [9.17, 15) is 18.5 Å². The summed E-state index contributed by atoms with van der Waals surface area (Å²) in [6, 6.07) is 19.0. The van der Waals surface area contributed by atoms with Crippen molar-refractivity contribution in [1.29, 1.82) is 5.26 Å². The number of carbonyl (C=O) groups excluding carboxylic acids is 1. The zero-order chi connectivity index (χ0) is 27.6. The van der Waals surface area contributed by atoms with E-state index in [1.54, 1.807) is 36.4 Å². The van der Waals surface area contributed by atoms with Crippen molar-refractivity contribution in [2.45, 2.75) is 36.7 Å². The number of aromatic nitrogens is 3. The number of nitrogens with one attached hydrogen (secondary N) is 2. The summed E-state index contributed by atoms with van der Waals surface area (Å²) in [5, 5.41) is 20.3. The summed E-state index contributed by atoms with van der Waals surface area (Å²) in [7, 11) is -3.76. The lowest BCUT2D eigenvalue weighted by molar-refractivity contribution is 0.0941. The highest BCUT2D eigenvalue weighted by molar-refractivity contribution is 7.89. The van der Waals surface area contributed by atoms with Crippen LogP contribution in [0.25, 0.3) is 22.3 Å². The molecule has 0 atom stereocenters. The van der Waals surface area contributed by atoms with Crippen molar-refractivity contribution in [2.75, 3.05) is 11.9 Å². The van der Waals surface area contributed by atoms with Gasteiger partial charge in [-0.05, 0) is 61.7 Å². The van der Waals surface area contributed by atoms with E-state index >= 15 is 0 Å². The largest absolute Gasteiger partial charge is 0.476 e. The lowest BCUT2D eigenvalue weighted by Crippen LogP contribution is -2.35. The van der Waals surface area contributed by atoms with Crippen molar-refractivity contribution in [3.8, 4) is 23.2 Å². The highest BCUT2D eigenvalue weighted by atomic mass is 32.2. The summed E-state index contributed by atoms with van der Waals surface area (Å²) >= 11 is 0. The number of hydrogen-bond acceptors (Lipinski definition) is 9. The van der Waals surface area contributed by atoms with Gasteiger partial charge in [-0.3, -0.25) is 4.79 Å². The molecule has 1 aliphatic rings. The zero-order valence-corrected chi connectivity index (χ0v) is 21.8. The number of sulfonamides is 1.